The van der Waals surface area contributed by atoms with Crippen LogP contribution in [0.2, 0.25) is 5.02 Å². The van der Waals surface area contributed by atoms with Crippen LogP contribution in [0.3, 0.4) is 0 Å². The summed E-state index contributed by atoms with van der Waals surface area (Å²) in [6.45, 7) is -0.318. The molecule has 178 valence electrons. The van der Waals surface area contributed by atoms with Crippen LogP contribution in [0, 0.1) is 5.82 Å². The minimum Gasteiger partial charge on any atom is -0.495 e. The first-order valence-corrected chi connectivity index (χ1v) is 10.3. The molecule has 0 aliphatic carbocycles. The largest absolute Gasteiger partial charge is 0.495 e. The zero-order valence-corrected chi connectivity index (χ0v) is 19.4. The van der Waals surface area contributed by atoms with Crippen molar-refractivity contribution < 1.29 is 32.9 Å². The summed E-state index contributed by atoms with van der Waals surface area (Å²) >= 11 is 6.10. The second-order valence-corrected chi connectivity index (χ2v) is 7.26. The highest BCUT2D eigenvalue weighted by atomic mass is 35.5. The van der Waals surface area contributed by atoms with E-state index in [2.05, 4.69) is 10.6 Å². The second kappa shape index (κ2) is 11.2. The van der Waals surface area contributed by atoms with Crippen molar-refractivity contribution in [3.05, 3.63) is 71.0 Å². The van der Waals surface area contributed by atoms with Gasteiger partial charge in [0.1, 0.15) is 17.3 Å². The molecule has 0 radical (unpaired) electrons. The quantitative estimate of drug-likeness (QED) is 0.450. The molecule has 3 aromatic rings. The summed E-state index contributed by atoms with van der Waals surface area (Å²) in [5.74, 6) is -0.0456. The Morgan fingerprint density at radius 3 is 2.15 bits per heavy atom. The van der Waals surface area contributed by atoms with Crippen LogP contribution in [-0.2, 0) is 4.79 Å². The summed E-state index contributed by atoms with van der Waals surface area (Å²) in [6, 6.07) is 12.9. The Bertz CT molecular complexity index is 1190. The Morgan fingerprint density at radius 1 is 0.824 bits per heavy atom. The molecule has 0 spiro atoms. The Morgan fingerprint density at radius 2 is 1.50 bits per heavy atom. The average Bonchev–Trinajstić information content (AvgIpc) is 2.84. The lowest BCUT2D eigenvalue weighted by molar-refractivity contribution is -0.118. The number of nitrogens with one attached hydrogen (secondary N) is 2. The van der Waals surface area contributed by atoms with Gasteiger partial charge in [0.25, 0.3) is 11.8 Å². The topological polar surface area (TPSA) is 95.1 Å². The maximum atomic E-state index is 13.0. The van der Waals surface area contributed by atoms with Gasteiger partial charge in [-0.25, -0.2) is 4.39 Å². The lowest BCUT2D eigenvalue weighted by atomic mass is 10.1. The van der Waals surface area contributed by atoms with E-state index in [0.29, 0.717) is 27.9 Å². The van der Waals surface area contributed by atoms with Crippen molar-refractivity contribution in [2.75, 3.05) is 38.6 Å². The zero-order chi connectivity index (χ0) is 24.7. The number of rotatable bonds is 9. The first-order chi connectivity index (χ1) is 16.3. The summed E-state index contributed by atoms with van der Waals surface area (Å²) in [4.78, 5) is 24.9. The van der Waals surface area contributed by atoms with Crippen LogP contribution in [0.4, 0.5) is 15.8 Å². The van der Waals surface area contributed by atoms with Gasteiger partial charge >= 0.3 is 0 Å². The first-order valence-electron chi connectivity index (χ1n) is 9.93. The number of hydrogen-bond donors (Lipinski definition) is 2. The van der Waals surface area contributed by atoms with Gasteiger partial charge in [0.05, 0.1) is 32.0 Å². The molecule has 10 heteroatoms. The van der Waals surface area contributed by atoms with Crippen LogP contribution in [0.5, 0.6) is 23.0 Å². The molecule has 0 saturated heterocycles. The molecule has 0 aliphatic rings. The highest BCUT2D eigenvalue weighted by Gasteiger charge is 2.16. The number of carbonyl (C=O) groups excluding carboxylic acids is 2. The molecular formula is C24H22ClFN2O6. The van der Waals surface area contributed by atoms with E-state index in [4.69, 9.17) is 30.5 Å². The Kier molecular flexibility index (Phi) is 8.15. The minimum absolute atomic E-state index is 0.253. The maximum absolute atomic E-state index is 13.0. The van der Waals surface area contributed by atoms with E-state index in [1.165, 1.54) is 69.9 Å². The second-order valence-electron chi connectivity index (χ2n) is 6.85. The molecule has 3 rings (SSSR count). The molecule has 0 saturated carbocycles. The third kappa shape index (κ3) is 6.08. The lowest BCUT2D eigenvalue weighted by Gasteiger charge is -2.14. The van der Waals surface area contributed by atoms with Crippen LogP contribution >= 0.6 is 11.6 Å². The van der Waals surface area contributed by atoms with Crippen molar-refractivity contribution >= 4 is 34.8 Å². The predicted molar refractivity (Wildman–Crippen MR) is 126 cm³/mol. The Balaban J connectivity index is 1.69. The molecule has 8 nitrogen and oxygen atoms in total. The number of benzene rings is 3. The number of anilines is 2. The molecule has 0 heterocycles. The fourth-order valence-electron chi connectivity index (χ4n) is 2.95. The Hall–Kier alpha value is -3.98. The number of ether oxygens (including phenoxy) is 4. The van der Waals surface area contributed by atoms with Crippen molar-refractivity contribution in [2.45, 2.75) is 0 Å². The first kappa shape index (κ1) is 24.7. The molecule has 0 unspecified atom stereocenters. The fraction of sp³-hybridized carbons (Fsp3) is 0.167. The minimum atomic E-state index is -0.445. The summed E-state index contributed by atoms with van der Waals surface area (Å²) in [5, 5.41) is 5.67. The van der Waals surface area contributed by atoms with Gasteiger partial charge in [0.2, 0.25) is 0 Å². The summed E-state index contributed by atoms with van der Waals surface area (Å²) in [5.41, 5.74) is 1.07. The molecule has 34 heavy (non-hydrogen) atoms. The molecule has 2 amide bonds. The average molecular weight is 489 g/mol. The van der Waals surface area contributed by atoms with Crippen molar-refractivity contribution in [3.8, 4) is 23.0 Å². The van der Waals surface area contributed by atoms with Gasteiger partial charge in [0, 0.05) is 23.4 Å². The zero-order valence-electron chi connectivity index (χ0n) is 18.6. The third-order valence-electron chi connectivity index (χ3n) is 4.63. The highest BCUT2D eigenvalue weighted by Crippen LogP contribution is 2.36. The van der Waals surface area contributed by atoms with Crippen LogP contribution in [0.15, 0.2) is 54.6 Å². The van der Waals surface area contributed by atoms with Gasteiger partial charge in [-0.2, -0.15) is 0 Å². The van der Waals surface area contributed by atoms with Crippen LogP contribution in [0.25, 0.3) is 0 Å². The maximum Gasteiger partial charge on any atom is 0.262 e. The van der Waals surface area contributed by atoms with Crippen molar-refractivity contribution in [3.63, 3.8) is 0 Å². The lowest BCUT2D eigenvalue weighted by Crippen LogP contribution is -2.20. The van der Waals surface area contributed by atoms with Gasteiger partial charge in [-0.1, -0.05) is 11.6 Å². The monoisotopic (exact) mass is 488 g/mol. The number of halogens is 2. The molecule has 0 fully saturated rings. The third-order valence-corrected chi connectivity index (χ3v) is 4.93. The van der Waals surface area contributed by atoms with E-state index in [1.54, 1.807) is 6.07 Å². The number of amides is 2. The predicted octanol–water partition coefficient (Wildman–Crippen LogP) is 4.77. The summed E-state index contributed by atoms with van der Waals surface area (Å²) in [6.07, 6.45) is 0. The highest BCUT2D eigenvalue weighted by molar-refractivity contribution is 6.32. The molecule has 0 aromatic heterocycles. The van der Waals surface area contributed by atoms with E-state index >= 15 is 0 Å². The molecule has 0 bridgehead atoms. The molecule has 0 aliphatic heterocycles. The Labute approximate surface area is 200 Å². The van der Waals surface area contributed by atoms with Crippen molar-refractivity contribution in [1.82, 2.24) is 0 Å². The smallest absolute Gasteiger partial charge is 0.262 e. The standard InChI is InChI=1S/C24H22ClFN2O6/c1-31-20-12-18(21(32-2)11-17(20)25)28-24(30)14-4-9-19(22(10-14)33-3)34-13-23(29)27-16-7-5-15(26)6-8-16/h4-12H,13H2,1-3H3,(H,27,29)(H,28,30). The molecule has 2 N–H and O–H groups in total. The van der Waals surface area contributed by atoms with Gasteiger partial charge in [-0.3, -0.25) is 9.59 Å². The van der Waals surface area contributed by atoms with Crippen LogP contribution in [0.1, 0.15) is 10.4 Å². The number of carbonyl (C=O) groups is 2. The van der Waals surface area contributed by atoms with E-state index in [9.17, 15) is 14.0 Å². The van der Waals surface area contributed by atoms with Crippen LogP contribution < -0.4 is 29.6 Å². The van der Waals surface area contributed by atoms with Gasteiger partial charge in [-0.05, 0) is 42.5 Å². The van der Waals surface area contributed by atoms with Crippen molar-refractivity contribution in [2.24, 2.45) is 0 Å². The normalized spacial score (nSPS) is 10.3. The number of hydrogen-bond acceptors (Lipinski definition) is 6. The molecular weight excluding hydrogens is 467 g/mol. The van der Waals surface area contributed by atoms with Gasteiger partial charge in [-0.15, -0.1) is 0 Å². The van der Waals surface area contributed by atoms with E-state index in [1.807, 2.05) is 0 Å². The number of methoxy groups -OCH3 is 3. The SMILES string of the molecule is COc1cc(NC(=O)c2ccc(OCC(=O)Nc3ccc(F)cc3)c(OC)c2)c(OC)cc1Cl. The van der Waals surface area contributed by atoms with Gasteiger partial charge in [0.15, 0.2) is 18.1 Å². The van der Waals surface area contributed by atoms with Crippen LogP contribution in [-0.4, -0.2) is 39.8 Å². The van der Waals surface area contributed by atoms with E-state index in [0.717, 1.165) is 0 Å². The van der Waals surface area contributed by atoms with Crippen molar-refractivity contribution in [1.29, 1.82) is 0 Å². The van der Waals surface area contributed by atoms with E-state index in [-0.39, 0.29) is 23.7 Å². The van der Waals surface area contributed by atoms with E-state index < -0.39 is 17.6 Å². The molecule has 3 aromatic carbocycles. The molecule has 0 atom stereocenters. The van der Waals surface area contributed by atoms with Gasteiger partial charge < -0.3 is 29.6 Å². The fourth-order valence-corrected chi connectivity index (χ4v) is 3.19. The summed E-state index contributed by atoms with van der Waals surface area (Å²) < 4.78 is 34.3. The summed E-state index contributed by atoms with van der Waals surface area (Å²) in [7, 11) is 4.33.